The van der Waals surface area contributed by atoms with E-state index in [0.717, 1.165) is 18.5 Å². The molecule has 1 saturated heterocycles. The lowest BCUT2D eigenvalue weighted by Gasteiger charge is -2.31. The molecule has 2 heterocycles. The summed E-state index contributed by atoms with van der Waals surface area (Å²) in [6.45, 7) is 5.68. The molecule has 4 atom stereocenters. The maximum Gasteiger partial charge on any atom is 0.309 e. The number of esters is 1. The summed E-state index contributed by atoms with van der Waals surface area (Å²) >= 11 is 0. The van der Waals surface area contributed by atoms with E-state index >= 15 is 0 Å². The zero-order valence-corrected chi connectivity index (χ0v) is 16.9. The van der Waals surface area contributed by atoms with Gasteiger partial charge in [-0.2, -0.15) is 5.10 Å². The molecule has 0 saturated carbocycles. The highest BCUT2D eigenvalue weighted by Crippen LogP contribution is 2.40. The maximum atomic E-state index is 12.9. The van der Waals surface area contributed by atoms with E-state index in [4.69, 9.17) is 4.74 Å². The summed E-state index contributed by atoms with van der Waals surface area (Å²) in [5.41, 5.74) is 3.67. The van der Waals surface area contributed by atoms with Crippen LogP contribution in [0.3, 0.4) is 0 Å². The molecule has 1 N–H and O–H groups in total. The van der Waals surface area contributed by atoms with Gasteiger partial charge in [0.1, 0.15) is 0 Å². The topological polar surface area (TPSA) is 75.3 Å². The SMILES string of the molecule is CCOC(=O)[C@@H]1[C@H]2CN(C(=O)CCc3n[nH]c4c3CCCC4)C[C@@H]2C=C[C@@H]1C. The first-order valence-corrected chi connectivity index (χ1v) is 10.8. The standard InChI is InChI=1S/C22H31N3O3/c1-3-28-22(27)21-14(2)8-9-15-12-25(13-17(15)21)20(26)11-10-19-16-6-4-5-7-18(16)23-24-19/h8-9,14-15,17,21H,3-7,10-13H2,1-2H3,(H,23,24)/t14-,15-,17-,21-/m0/s1. The largest absolute Gasteiger partial charge is 0.466 e. The van der Waals surface area contributed by atoms with Gasteiger partial charge in [-0.05, 0) is 55.9 Å². The molecule has 1 aromatic rings. The first-order valence-electron chi connectivity index (χ1n) is 10.8. The fraction of sp³-hybridized carbons (Fsp3) is 0.682. The number of nitrogens with one attached hydrogen (secondary N) is 1. The highest BCUT2D eigenvalue weighted by Gasteiger charge is 2.45. The number of aromatic nitrogens is 2. The maximum absolute atomic E-state index is 12.9. The summed E-state index contributed by atoms with van der Waals surface area (Å²) in [5, 5.41) is 7.63. The number of carbonyl (C=O) groups excluding carboxylic acids is 2. The number of amides is 1. The summed E-state index contributed by atoms with van der Waals surface area (Å²) in [6, 6.07) is 0. The van der Waals surface area contributed by atoms with Crippen molar-refractivity contribution < 1.29 is 14.3 Å². The Morgan fingerprint density at radius 3 is 2.89 bits per heavy atom. The molecule has 3 aliphatic rings. The van der Waals surface area contributed by atoms with E-state index < -0.39 is 0 Å². The van der Waals surface area contributed by atoms with Gasteiger partial charge in [0.05, 0.1) is 18.2 Å². The van der Waals surface area contributed by atoms with Crippen LogP contribution in [-0.4, -0.2) is 46.7 Å². The summed E-state index contributed by atoms with van der Waals surface area (Å²) < 4.78 is 5.32. The molecule has 4 rings (SSSR count). The third-order valence-corrected chi connectivity index (χ3v) is 6.73. The van der Waals surface area contributed by atoms with E-state index in [0.29, 0.717) is 32.5 Å². The van der Waals surface area contributed by atoms with Gasteiger partial charge < -0.3 is 9.64 Å². The summed E-state index contributed by atoms with van der Waals surface area (Å²) in [4.78, 5) is 27.3. The highest BCUT2D eigenvalue weighted by molar-refractivity contribution is 5.78. The number of hydrogen-bond donors (Lipinski definition) is 1. The first-order chi connectivity index (χ1) is 13.6. The third kappa shape index (κ3) is 3.61. The van der Waals surface area contributed by atoms with Crippen LogP contribution in [0.4, 0.5) is 0 Å². The zero-order chi connectivity index (χ0) is 19.7. The van der Waals surface area contributed by atoms with Crippen molar-refractivity contribution >= 4 is 11.9 Å². The molecule has 6 nitrogen and oxygen atoms in total. The Morgan fingerprint density at radius 2 is 2.07 bits per heavy atom. The fourth-order valence-electron chi connectivity index (χ4n) is 5.24. The van der Waals surface area contributed by atoms with Crippen molar-refractivity contribution in [2.24, 2.45) is 23.7 Å². The predicted octanol–water partition coefficient (Wildman–Crippen LogP) is 2.68. The molecule has 152 valence electrons. The number of fused-ring (bicyclic) bond motifs is 2. The lowest BCUT2D eigenvalue weighted by Crippen LogP contribution is -2.37. The molecule has 1 aliphatic heterocycles. The molecule has 1 fully saturated rings. The van der Waals surface area contributed by atoms with Gasteiger partial charge in [0.15, 0.2) is 0 Å². The van der Waals surface area contributed by atoms with E-state index in [1.807, 2.05) is 11.8 Å². The Morgan fingerprint density at radius 1 is 1.25 bits per heavy atom. The van der Waals surface area contributed by atoms with Crippen LogP contribution < -0.4 is 0 Å². The molecular formula is C22H31N3O3. The average Bonchev–Trinajstić information content (AvgIpc) is 3.30. The zero-order valence-electron chi connectivity index (χ0n) is 16.9. The number of aromatic amines is 1. The third-order valence-electron chi connectivity index (χ3n) is 6.73. The number of ether oxygens (including phenoxy) is 1. The Hall–Kier alpha value is -2.11. The van der Waals surface area contributed by atoms with Gasteiger partial charge in [0, 0.05) is 31.6 Å². The normalized spacial score (nSPS) is 28.7. The smallest absolute Gasteiger partial charge is 0.309 e. The van der Waals surface area contributed by atoms with Crippen LogP contribution in [0.15, 0.2) is 12.2 Å². The number of carbonyl (C=O) groups is 2. The van der Waals surface area contributed by atoms with Gasteiger partial charge in [-0.25, -0.2) is 0 Å². The Kier molecular flexibility index (Phi) is 5.56. The lowest BCUT2D eigenvalue weighted by molar-refractivity contribution is -0.152. The van der Waals surface area contributed by atoms with E-state index in [-0.39, 0.29) is 35.5 Å². The van der Waals surface area contributed by atoms with Gasteiger partial charge in [-0.15, -0.1) is 0 Å². The van der Waals surface area contributed by atoms with Gasteiger partial charge in [0.25, 0.3) is 0 Å². The predicted molar refractivity (Wildman–Crippen MR) is 106 cm³/mol. The van der Waals surface area contributed by atoms with Crippen molar-refractivity contribution in [1.82, 2.24) is 15.1 Å². The quantitative estimate of drug-likeness (QED) is 0.625. The van der Waals surface area contributed by atoms with E-state index in [2.05, 4.69) is 29.3 Å². The summed E-state index contributed by atoms with van der Waals surface area (Å²) in [7, 11) is 0. The fourth-order valence-corrected chi connectivity index (χ4v) is 5.24. The molecule has 1 amide bonds. The molecule has 0 radical (unpaired) electrons. The molecule has 28 heavy (non-hydrogen) atoms. The molecule has 1 aromatic heterocycles. The molecule has 2 aliphatic carbocycles. The second-order valence-corrected chi connectivity index (χ2v) is 8.48. The van der Waals surface area contributed by atoms with Crippen LogP contribution in [0.5, 0.6) is 0 Å². The molecule has 6 heteroatoms. The van der Waals surface area contributed by atoms with Gasteiger partial charge in [-0.3, -0.25) is 14.7 Å². The molecule has 0 spiro atoms. The number of aryl methyl sites for hydroxylation is 2. The van der Waals surface area contributed by atoms with Crippen molar-refractivity contribution in [3.63, 3.8) is 0 Å². The van der Waals surface area contributed by atoms with Gasteiger partial charge >= 0.3 is 5.97 Å². The second kappa shape index (κ2) is 8.10. The minimum Gasteiger partial charge on any atom is -0.466 e. The van der Waals surface area contributed by atoms with E-state index in [9.17, 15) is 9.59 Å². The summed E-state index contributed by atoms with van der Waals surface area (Å²) in [6.07, 6.45) is 10.1. The Labute approximate surface area is 166 Å². The van der Waals surface area contributed by atoms with Gasteiger partial charge in [0.2, 0.25) is 5.91 Å². The monoisotopic (exact) mass is 385 g/mol. The van der Waals surface area contributed by atoms with Crippen LogP contribution in [0, 0.1) is 23.7 Å². The van der Waals surface area contributed by atoms with Crippen molar-refractivity contribution in [2.45, 2.75) is 52.4 Å². The number of rotatable bonds is 5. The number of hydrogen-bond acceptors (Lipinski definition) is 4. The minimum absolute atomic E-state index is 0.119. The van der Waals surface area contributed by atoms with Crippen LogP contribution in [0.25, 0.3) is 0 Å². The first kappa shape index (κ1) is 19.2. The van der Waals surface area contributed by atoms with Crippen molar-refractivity contribution in [3.05, 3.63) is 29.1 Å². The van der Waals surface area contributed by atoms with Crippen molar-refractivity contribution in [3.8, 4) is 0 Å². The van der Waals surface area contributed by atoms with Crippen LogP contribution in [0.1, 0.15) is 50.1 Å². The van der Waals surface area contributed by atoms with Crippen LogP contribution in [0.2, 0.25) is 0 Å². The highest BCUT2D eigenvalue weighted by atomic mass is 16.5. The molecule has 0 aromatic carbocycles. The number of likely N-dealkylation sites (tertiary alicyclic amines) is 1. The van der Waals surface area contributed by atoms with Crippen LogP contribution >= 0.6 is 0 Å². The molecular weight excluding hydrogens is 354 g/mol. The average molecular weight is 386 g/mol. The van der Waals surface area contributed by atoms with E-state index in [1.165, 1.54) is 24.1 Å². The Balaban J connectivity index is 1.38. The Bertz CT molecular complexity index is 769. The van der Waals surface area contributed by atoms with Crippen molar-refractivity contribution in [1.29, 1.82) is 0 Å². The number of H-pyrrole nitrogens is 1. The van der Waals surface area contributed by atoms with Gasteiger partial charge in [-0.1, -0.05) is 19.1 Å². The summed E-state index contributed by atoms with van der Waals surface area (Å²) in [5.74, 6) is 0.489. The minimum atomic E-state index is -0.147. The molecule has 0 bridgehead atoms. The van der Waals surface area contributed by atoms with Crippen LogP contribution in [-0.2, 0) is 33.6 Å². The van der Waals surface area contributed by atoms with E-state index in [1.54, 1.807) is 0 Å². The number of allylic oxidation sites excluding steroid dienone is 1. The number of nitrogens with zero attached hydrogens (tertiary/aromatic N) is 2. The van der Waals surface area contributed by atoms with Crippen molar-refractivity contribution in [2.75, 3.05) is 19.7 Å². The lowest BCUT2D eigenvalue weighted by atomic mass is 9.72. The molecule has 0 unspecified atom stereocenters. The second-order valence-electron chi connectivity index (χ2n) is 8.48.